The normalized spacial score (nSPS) is 19.5. The molecule has 0 spiro atoms. The van der Waals surface area contributed by atoms with Gasteiger partial charge in [-0.2, -0.15) is 0 Å². The Hall–Kier alpha value is -0.980. The highest BCUT2D eigenvalue weighted by Gasteiger charge is 2.26. The summed E-state index contributed by atoms with van der Waals surface area (Å²) in [5.41, 5.74) is 1.19. The molecule has 2 heterocycles. The summed E-state index contributed by atoms with van der Waals surface area (Å²) < 4.78 is 5.17. The Kier molecular flexibility index (Phi) is 5.44. The van der Waals surface area contributed by atoms with Crippen LogP contribution in [0.2, 0.25) is 5.02 Å². The Morgan fingerprint density at radius 2 is 2.32 bits per heavy atom. The first-order valence-corrected chi connectivity index (χ1v) is 8.59. The van der Waals surface area contributed by atoms with Crippen molar-refractivity contribution in [3.63, 3.8) is 0 Å². The highest BCUT2D eigenvalue weighted by Crippen LogP contribution is 2.30. The van der Waals surface area contributed by atoms with Crippen molar-refractivity contribution in [3.05, 3.63) is 50.9 Å². The lowest BCUT2D eigenvalue weighted by atomic mass is 10.0. The molecule has 2 aromatic rings. The van der Waals surface area contributed by atoms with E-state index in [1.165, 1.54) is 10.4 Å². The van der Waals surface area contributed by atoms with Gasteiger partial charge >= 0.3 is 0 Å². The molecule has 22 heavy (non-hydrogen) atoms. The monoisotopic (exact) mass is 337 g/mol. The molecule has 6 heteroatoms. The molecule has 1 N–H and O–H groups in total. The van der Waals surface area contributed by atoms with Gasteiger partial charge in [0.05, 0.1) is 18.0 Å². The second-order valence-electron chi connectivity index (χ2n) is 5.37. The molecule has 1 saturated heterocycles. The fourth-order valence-corrected chi connectivity index (χ4v) is 3.97. The van der Waals surface area contributed by atoms with Gasteiger partial charge < -0.3 is 10.1 Å². The largest absolute Gasteiger partial charge is 0.379 e. The standard InChI is InChI=1S/C16H20ClN3OS/c1-21-11-12-8-19-16(22-12)10-20-7-6-18-9-15(20)13-4-2-3-5-14(13)17/h2-5,8,15,18H,6-7,9-11H2,1H3. The van der Waals surface area contributed by atoms with Gasteiger partial charge in [0.25, 0.3) is 0 Å². The molecule has 118 valence electrons. The molecular formula is C16H20ClN3OS. The maximum absolute atomic E-state index is 6.39. The smallest absolute Gasteiger partial charge is 0.107 e. The molecule has 1 aliphatic heterocycles. The van der Waals surface area contributed by atoms with Crippen molar-refractivity contribution in [1.82, 2.24) is 15.2 Å². The molecule has 1 fully saturated rings. The number of aromatic nitrogens is 1. The highest BCUT2D eigenvalue weighted by molar-refractivity contribution is 7.11. The molecule has 1 aromatic heterocycles. The molecule has 1 unspecified atom stereocenters. The van der Waals surface area contributed by atoms with Crippen LogP contribution in [0.5, 0.6) is 0 Å². The summed E-state index contributed by atoms with van der Waals surface area (Å²) in [7, 11) is 1.71. The van der Waals surface area contributed by atoms with Gasteiger partial charge in [0.1, 0.15) is 5.01 Å². The van der Waals surface area contributed by atoms with E-state index in [1.54, 1.807) is 18.4 Å². The van der Waals surface area contributed by atoms with E-state index in [1.807, 2.05) is 24.4 Å². The van der Waals surface area contributed by atoms with Crippen molar-refractivity contribution in [1.29, 1.82) is 0 Å². The first-order valence-electron chi connectivity index (χ1n) is 7.39. The van der Waals surface area contributed by atoms with Crippen LogP contribution in [0.4, 0.5) is 0 Å². The second-order valence-corrected chi connectivity index (χ2v) is 6.97. The van der Waals surface area contributed by atoms with Crippen molar-refractivity contribution in [2.24, 2.45) is 0 Å². The zero-order valence-electron chi connectivity index (χ0n) is 12.6. The summed E-state index contributed by atoms with van der Waals surface area (Å²) in [6, 6.07) is 8.39. The summed E-state index contributed by atoms with van der Waals surface area (Å²) in [6.07, 6.45) is 1.91. The van der Waals surface area contributed by atoms with Crippen LogP contribution < -0.4 is 5.32 Å². The number of halogens is 1. The summed E-state index contributed by atoms with van der Waals surface area (Å²) in [6.45, 7) is 4.39. The maximum Gasteiger partial charge on any atom is 0.107 e. The molecule has 0 aliphatic carbocycles. The molecule has 0 radical (unpaired) electrons. The van der Waals surface area contributed by atoms with Gasteiger partial charge in [0.2, 0.25) is 0 Å². The predicted molar refractivity (Wildman–Crippen MR) is 90.3 cm³/mol. The highest BCUT2D eigenvalue weighted by atomic mass is 35.5. The van der Waals surface area contributed by atoms with Crippen LogP contribution >= 0.6 is 22.9 Å². The van der Waals surface area contributed by atoms with Gasteiger partial charge in [0, 0.05) is 44.0 Å². The average Bonchev–Trinajstić information content (AvgIpc) is 2.96. The SMILES string of the molecule is COCc1cnc(CN2CCNCC2c2ccccc2Cl)s1. The van der Waals surface area contributed by atoms with Gasteiger partial charge in [-0.25, -0.2) is 4.98 Å². The van der Waals surface area contributed by atoms with Gasteiger partial charge in [-0.05, 0) is 11.6 Å². The fraction of sp³-hybridized carbons (Fsp3) is 0.438. The Bertz CT molecular complexity index is 619. The minimum absolute atomic E-state index is 0.289. The Morgan fingerprint density at radius 3 is 3.14 bits per heavy atom. The summed E-state index contributed by atoms with van der Waals surface area (Å²) in [5, 5.41) is 5.43. The number of nitrogens with one attached hydrogen (secondary N) is 1. The third kappa shape index (κ3) is 3.67. The van der Waals surface area contributed by atoms with E-state index in [0.29, 0.717) is 6.61 Å². The van der Waals surface area contributed by atoms with Crippen LogP contribution in [0.3, 0.4) is 0 Å². The quantitative estimate of drug-likeness (QED) is 0.909. The number of thiazole rings is 1. The van der Waals surface area contributed by atoms with E-state index < -0.39 is 0 Å². The minimum Gasteiger partial charge on any atom is -0.379 e. The maximum atomic E-state index is 6.39. The van der Waals surface area contributed by atoms with Crippen LogP contribution in [0, 0.1) is 0 Å². The summed E-state index contributed by atoms with van der Waals surface area (Å²) >= 11 is 8.11. The molecule has 0 amide bonds. The molecule has 0 saturated carbocycles. The zero-order valence-corrected chi connectivity index (χ0v) is 14.2. The lowest BCUT2D eigenvalue weighted by molar-refractivity contribution is 0.153. The number of benzene rings is 1. The van der Waals surface area contributed by atoms with E-state index >= 15 is 0 Å². The molecule has 1 atom stereocenters. The molecule has 1 aliphatic rings. The van der Waals surface area contributed by atoms with E-state index in [0.717, 1.165) is 36.2 Å². The van der Waals surface area contributed by atoms with Crippen LogP contribution in [0.1, 0.15) is 21.5 Å². The van der Waals surface area contributed by atoms with Crippen molar-refractivity contribution >= 4 is 22.9 Å². The van der Waals surface area contributed by atoms with Gasteiger partial charge in [-0.3, -0.25) is 4.90 Å². The van der Waals surface area contributed by atoms with E-state index in [2.05, 4.69) is 21.3 Å². The number of rotatable bonds is 5. The molecule has 0 bridgehead atoms. The number of piperazine rings is 1. The van der Waals surface area contributed by atoms with E-state index in [9.17, 15) is 0 Å². The van der Waals surface area contributed by atoms with Crippen LogP contribution in [0.15, 0.2) is 30.5 Å². The van der Waals surface area contributed by atoms with Crippen molar-refractivity contribution < 1.29 is 4.74 Å². The van der Waals surface area contributed by atoms with Gasteiger partial charge in [-0.1, -0.05) is 29.8 Å². The summed E-state index contributed by atoms with van der Waals surface area (Å²) in [4.78, 5) is 8.14. The van der Waals surface area contributed by atoms with E-state index in [-0.39, 0.29) is 6.04 Å². The number of ether oxygens (including phenoxy) is 1. The minimum atomic E-state index is 0.289. The predicted octanol–water partition coefficient (Wildman–Crippen LogP) is 3.09. The molecule has 3 rings (SSSR count). The average molecular weight is 338 g/mol. The number of nitrogens with zero attached hydrogens (tertiary/aromatic N) is 2. The first-order chi connectivity index (χ1) is 10.8. The van der Waals surface area contributed by atoms with Crippen LogP contribution in [0.25, 0.3) is 0 Å². The molecule has 1 aromatic carbocycles. The van der Waals surface area contributed by atoms with Crippen LogP contribution in [-0.2, 0) is 17.9 Å². The Labute approximate surface area is 140 Å². The topological polar surface area (TPSA) is 37.4 Å². The van der Waals surface area contributed by atoms with E-state index in [4.69, 9.17) is 16.3 Å². The van der Waals surface area contributed by atoms with Gasteiger partial charge in [0.15, 0.2) is 0 Å². The lowest BCUT2D eigenvalue weighted by Gasteiger charge is -2.36. The second kappa shape index (κ2) is 7.53. The Balaban J connectivity index is 1.76. The third-order valence-corrected chi connectivity index (χ3v) is 5.14. The molecular weight excluding hydrogens is 318 g/mol. The number of hydrogen-bond donors (Lipinski definition) is 1. The molecule has 4 nitrogen and oxygen atoms in total. The Morgan fingerprint density at radius 1 is 1.45 bits per heavy atom. The number of hydrogen-bond acceptors (Lipinski definition) is 5. The van der Waals surface area contributed by atoms with Crippen molar-refractivity contribution in [2.45, 2.75) is 19.2 Å². The number of methoxy groups -OCH3 is 1. The van der Waals surface area contributed by atoms with Crippen molar-refractivity contribution in [3.8, 4) is 0 Å². The fourth-order valence-electron chi connectivity index (χ4n) is 2.79. The van der Waals surface area contributed by atoms with Gasteiger partial charge in [-0.15, -0.1) is 11.3 Å². The van der Waals surface area contributed by atoms with Crippen molar-refractivity contribution in [2.75, 3.05) is 26.7 Å². The summed E-state index contributed by atoms with van der Waals surface area (Å²) in [5.74, 6) is 0. The first kappa shape index (κ1) is 15.9. The van der Waals surface area contributed by atoms with Crippen LogP contribution in [-0.4, -0.2) is 36.6 Å². The third-order valence-electron chi connectivity index (χ3n) is 3.84. The zero-order chi connectivity index (χ0) is 15.4. The lowest BCUT2D eigenvalue weighted by Crippen LogP contribution is -2.45.